The molecule has 2 aliphatic carbocycles. The summed E-state index contributed by atoms with van der Waals surface area (Å²) in [7, 11) is 0. The lowest BCUT2D eigenvalue weighted by molar-refractivity contribution is -0.172. The summed E-state index contributed by atoms with van der Waals surface area (Å²) < 4.78 is 5.86. The van der Waals surface area contributed by atoms with Crippen molar-refractivity contribution in [1.29, 1.82) is 0 Å². The average molecular weight is 255 g/mol. The second kappa shape index (κ2) is 6.88. The zero-order chi connectivity index (χ0) is 12.8. The number of unbranched alkanes of at least 4 members (excludes halogenated alkanes) is 3. The highest BCUT2D eigenvalue weighted by Gasteiger charge is 2.58. The van der Waals surface area contributed by atoms with Gasteiger partial charge in [-0.05, 0) is 45.6 Å². The monoisotopic (exact) mass is 255 g/mol. The maximum atomic E-state index is 8.72. The number of aliphatic hydroxyl groups is 1. The molecule has 106 valence electrons. The van der Waals surface area contributed by atoms with Gasteiger partial charge in [-0.25, -0.2) is 0 Å². The van der Waals surface area contributed by atoms with Gasteiger partial charge >= 0.3 is 0 Å². The van der Waals surface area contributed by atoms with Gasteiger partial charge in [-0.3, -0.25) is 0 Å². The van der Waals surface area contributed by atoms with Crippen molar-refractivity contribution < 1.29 is 9.84 Å². The summed E-state index contributed by atoms with van der Waals surface area (Å²) in [6.07, 6.45) is 10.5. The van der Waals surface area contributed by atoms with Gasteiger partial charge in [-0.1, -0.05) is 19.3 Å². The second-order valence-corrected chi connectivity index (χ2v) is 5.91. The van der Waals surface area contributed by atoms with Crippen LogP contribution < -0.4 is 5.32 Å². The minimum Gasteiger partial charge on any atom is -0.396 e. The first-order valence-electron chi connectivity index (χ1n) is 7.79. The molecule has 0 aromatic heterocycles. The number of hydrogen-bond donors (Lipinski definition) is 2. The molecule has 0 bridgehead atoms. The van der Waals surface area contributed by atoms with Crippen molar-refractivity contribution in [2.75, 3.05) is 19.8 Å². The molecule has 2 N–H and O–H groups in total. The van der Waals surface area contributed by atoms with Crippen LogP contribution in [0.5, 0.6) is 0 Å². The number of ether oxygens (including phenoxy) is 1. The molecule has 2 unspecified atom stereocenters. The van der Waals surface area contributed by atoms with Crippen molar-refractivity contribution >= 4 is 0 Å². The summed E-state index contributed by atoms with van der Waals surface area (Å²) in [4.78, 5) is 0. The van der Waals surface area contributed by atoms with Crippen LogP contribution in [0.25, 0.3) is 0 Å². The maximum Gasteiger partial charge on any atom is 0.0661 e. The summed E-state index contributed by atoms with van der Waals surface area (Å²) in [5.74, 6) is 0. The lowest BCUT2D eigenvalue weighted by Gasteiger charge is -2.61. The van der Waals surface area contributed by atoms with E-state index in [4.69, 9.17) is 9.84 Å². The minimum atomic E-state index is 0.342. The quantitative estimate of drug-likeness (QED) is 0.622. The molecule has 2 atom stereocenters. The molecular weight excluding hydrogens is 226 g/mol. The molecule has 2 rings (SSSR count). The molecule has 18 heavy (non-hydrogen) atoms. The molecule has 2 saturated carbocycles. The van der Waals surface area contributed by atoms with Gasteiger partial charge in [0.2, 0.25) is 0 Å². The van der Waals surface area contributed by atoms with E-state index in [-0.39, 0.29) is 0 Å². The molecule has 0 aromatic carbocycles. The van der Waals surface area contributed by atoms with E-state index < -0.39 is 0 Å². The molecule has 0 radical (unpaired) electrons. The van der Waals surface area contributed by atoms with Crippen LogP contribution in [0.4, 0.5) is 0 Å². The van der Waals surface area contributed by atoms with Gasteiger partial charge < -0.3 is 15.2 Å². The Morgan fingerprint density at radius 3 is 2.61 bits per heavy atom. The fourth-order valence-corrected chi connectivity index (χ4v) is 3.59. The van der Waals surface area contributed by atoms with E-state index in [0.717, 1.165) is 26.0 Å². The molecular formula is C15H29NO2. The Balaban J connectivity index is 1.59. The number of rotatable bonds is 9. The largest absolute Gasteiger partial charge is 0.396 e. The molecule has 0 saturated heterocycles. The van der Waals surface area contributed by atoms with Crippen LogP contribution in [0, 0.1) is 5.41 Å². The fraction of sp³-hybridized carbons (Fsp3) is 1.00. The fourth-order valence-electron chi connectivity index (χ4n) is 3.59. The number of nitrogens with one attached hydrogen (secondary N) is 1. The van der Waals surface area contributed by atoms with Crippen molar-refractivity contribution in [1.82, 2.24) is 5.32 Å². The molecule has 2 aliphatic rings. The summed E-state index contributed by atoms with van der Waals surface area (Å²) in [5.41, 5.74) is 0.501. The van der Waals surface area contributed by atoms with Crippen LogP contribution in [-0.4, -0.2) is 37.0 Å². The third-order valence-corrected chi connectivity index (χ3v) is 4.91. The van der Waals surface area contributed by atoms with Gasteiger partial charge in [0.15, 0.2) is 0 Å². The molecule has 3 nitrogen and oxygen atoms in total. The zero-order valence-corrected chi connectivity index (χ0v) is 11.8. The standard InChI is InChI=1S/C15H29NO2/c1-2-18-14-12-13(15(14)8-7-9-15)16-10-5-3-4-6-11-17/h13-14,16-17H,2-12H2,1H3. The lowest BCUT2D eigenvalue weighted by atomic mass is 9.51. The number of hydrogen-bond acceptors (Lipinski definition) is 3. The lowest BCUT2D eigenvalue weighted by Crippen LogP contribution is -2.66. The van der Waals surface area contributed by atoms with Crippen LogP contribution in [0.2, 0.25) is 0 Å². The van der Waals surface area contributed by atoms with Gasteiger partial charge in [-0.2, -0.15) is 0 Å². The molecule has 0 amide bonds. The molecule has 3 heteroatoms. The first-order valence-corrected chi connectivity index (χ1v) is 7.79. The van der Waals surface area contributed by atoms with Crippen LogP contribution >= 0.6 is 0 Å². The Kier molecular flexibility index (Phi) is 5.46. The van der Waals surface area contributed by atoms with Gasteiger partial charge in [0.05, 0.1) is 6.10 Å². The first-order chi connectivity index (χ1) is 8.83. The predicted molar refractivity (Wildman–Crippen MR) is 73.7 cm³/mol. The predicted octanol–water partition coefficient (Wildman–Crippen LogP) is 2.48. The van der Waals surface area contributed by atoms with Crippen LogP contribution in [-0.2, 0) is 4.74 Å². The maximum absolute atomic E-state index is 8.72. The number of aliphatic hydroxyl groups excluding tert-OH is 1. The van der Waals surface area contributed by atoms with Gasteiger partial charge in [0, 0.05) is 24.7 Å². The van der Waals surface area contributed by atoms with E-state index in [2.05, 4.69) is 12.2 Å². The molecule has 1 spiro atoms. The van der Waals surface area contributed by atoms with E-state index in [1.807, 2.05) is 0 Å². The van der Waals surface area contributed by atoms with Crippen molar-refractivity contribution in [3.63, 3.8) is 0 Å². The van der Waals surface area contributed by atoms with E-state index in [1.165, 1.54) is 38.5 Å². The van der Waals surface area contributed by atoms with E-state index in [9.17, 15) is 0 Å². The Hall–Kier alpha value is -0.120. The highest BCUT2D eigenvalue weighted by Crippen LogP contribution is 2.57. The molecule has 0 aromatic rings. The van der Waals surface area contributed by atoms with Gasteiger partial charge in [0.1, 0.15) is 0 Å². The van der Waals surface area contributed by atoms with Crippen LogP contribution in [0.15, 0.2) is 0 Å². The normalized spacial score (nSPS) is 29.0. The molecule has 0 heterocycles. The van der Waals surface area contributed by atoms with Gasteiger partial charge in [0.25, 0.3) is 0 Å². The average Bonchev–Trinajstić information content (AvgIpc) is 2.28. The van der Waals surface area contributed by atoms with Crippen molar-refractivity contribution in [3.8, 4) is 0 Å². The second-order valence-electron chi connectivity index (χ2n) is 5.91. The van der Waals surface area contributed by atoms with Crippen molar-refractivity contribution in [3.05, 3.63) is 0 Å². The van der Waals surface area contributed by atoms with E-state index in [0.29, 0.717) is 24.2 Å². The Labute approximate surface area is 111 Å². The smallest absolute Gasteiger partial charge is 0.0661 e. The first kappa shape index (κ1) is 14.3. The molecule has 2 fully saturated rings. The Bertz CT molecular complexity index is 241. The van der Waals surface area contributed by atoms with Crippen molar-refractivity contribution in [2.24, 2.45) is 5.41 Å². The van der Waals surface area contributed by atoms with Crippen LogP contribution in [0.3, 0.4) is 0 Å². The van der Waals surface area contributed by atoms with Gasteiger partial charge in [-0.15, -0.1) is 0 Å². The van der Waals surface area contributed by atoms with Crippen LogP contribution in [0.1, 0.15) is 58.3 Å². The zero-order valence-electron chi connectivity index (χ0n) is 11.8. The Morgan fingerprint density at radius 1 is 1.22 bits per heavy atom. The van der Waals surface area contributed by atoms with E-state index >= 15 is 0 Å². The Morgan fingerprint density at radius 2 is 2.00 bits per heavy atom. The topological polar surface area (TPSA) is 41.5 Å². The minimum absolute atomic E-state index is 0.342. The third-order valence-electron chi connectivity index (χ3n) is 4.91. The SMILES string of the molecule is CCOC1CC(NCCCCCCO)C12CCC2. The van der Waals surface area contributed by atoms with Crippen molar-refractivity contribution in [2.45, 2.75) is 70.4 Å². The summed E-state index contributed by atoms with van der Waals surface area (Å²) in [6.45, 7) is 4.44. The highest BCUT2D eigenvalue weighted by atomic mass is 16.5. The molecule has 0 aliphatic heterocycles. The highest BCUT2D eigenvalue weighted by molar-refractivity contribution is 5.11. The third kappa shape index (κ3) is 2.89. The van der Waals surface area contributed by atoms with E-state index in [1.54, 1.807) is 0 Å². The summed E-state index contributed by atoms with van der Waals surface area (Å²) in [6, 6.07) is 0.709. The summed E-state index contributed by atoms with van der Waals surface area (Å²) in [5, 5.41) is 12.5. The summed E-state index contributed by atoms with van der Waals surface area (Å²) >= 11 is 0.